The van der Waals surface area contributed by atoms with E-state index in [0.29, 0.717) is 30.6 Å². The second-order valence-corrected chi connectivity index (χ2v) is 8.08. The lowest BCUT2D eigenvalue weighted by molar-refractivity contribution is -0.0574. The number of hydrogen-bond acceptors (Lipinski definition) is 3. The van der Waals surface area contributed by atoms with Crippen molar-refractivity contribution in [1.29, 1.82) is 0 Å². The first-order chi connectivity index (χ1) is 14.3. The summed E-state index contributed by atoms with van der Waals surface area (Å²) in [6, 6.07) is 0. The standard InChI is InChI=1S/C23H40F2O3.C2H6/c1-7-9-20-13-12-19(15-28-20)14-27-17(4)11-10-16(3)21(8-2)23(25)22(24)18(5)26-6;1-2/h16-17,19-20H,7-15H2,1-6H3;1-2H3/b22-18-,23-21-;. The minimum Gasteiger partial charge on any atom is -0.498 e. The number of ether oxygens (including phenoxy) is 3. The van der Waals surface area contributed by atoms with E-state index in [-0.39, 0.29) is 17.8 Å². The van der Waals surface area contributed by atoms with Crippen LogP contribution in [0.25, 0.3) is 0 Å². The Kier molecular flexibility index (Phi) is 16.2. The predicted molar refractivity (Wildman–Crippen MR) is 122 cm³/mol. The molecule has 0 aromatic rings. The van der Waals surface area contributed by atoms with Crippen LogP contribution in [0.5, 0.6) is 0 Å². The molecule has 0 aromatic heterocycles. The van der Waals surface area contributed by atoms with E-state index in [4.69, 9.17) is 14.2 Å². The Morgan fingerprint density at radius 1 is 1.07 bits per heavy atom. The summed E-state index contributed by atoms with van der Waals surface area (Å²) in [6.45, 7) is 15.0. The Morgan fingerprint density at radius 3 is 2.23 bits per heavy atom. The van der Waals surface area contributed by atoms with Gasteiger partial charge in [0, 0.05) is 5.92 Å². The molecule has 0 aliphatic carbocycles. The zero-order valence-electron chi connectivity index (χ0n) is 20.7. The SMILES string of the molecule is CC.CCCC1CCC(COC(C)CCC(C)/C(CC)=C(F)/C(F)=C(\C)OC)CO1. The van der Waals surface area contributed by atoms with Crippen LogP contribution in [0.4, 0.5) is 8.78 Å². The molecule has 0 aromatic carbocycles. The van der Waals surface area contributed by atoms with Crippen LogP contribution < -0.4 is 0 Å². The molecule has 1 saturated heterocycles. The van der Waals surface area contributed by atoms with E-state index in [0.717, 1.165) is 38.7 Å². The van der Waals surface area contributed by atoms with Gasteiger partial charge < -0.3 is 14.2 Å². The second kappa shape index (κ2) is 16.7. The van der Waals surface area contributed by atoms with Crippen LogP contribution in [0, 0.1) is 11.8 Å². The van der Waals surface area contributed by atoms with Crippen LogP contribution in [-0.4, -0.2) is 32.5 Å². The first-order valence-corrected chi connectivity index (χ1v) is 11.9. The molecule has 0 N–H and O–H groups in total. The lowest BCUT2D eigenvalue weighted by Gasteiger charge is -2.29. The highest BCUT2D eigenvalue weighted by Crippen LogP contribution is 2.31. The highest BCUT2D eigenvalue weighted by Gasteiger charge is 2.23. The lowest BCUT2D eigenvalue weighted by atomic mass is 9.91. The van der Waals surface area contributed by atoms with Crippen LogP contribution in [0.2, 0.25) is 0 Å². The molecule has 3 nitrogen and oxygen atoms in total. The molecule has 0 bridgehead atoms. The largest absolute Gasteiger partial charge is 0.498 e. The van der Waals surface area contributed by atoms with Crippen LogP contribution in [0.1, 0.15) is 93.4 Å². The maximum Gasteiger partial charge on any atom is 0.195 e. The summed E-state index contributed by atoms with van der Waals surface area (Å²) in [5.74, 6) is -1.27. The van der Waals surface area contributed by atoms with Gasteiger partial charge in [0.25, 0.3) is 0 Å². The maximum absolute atomic E-state index is 14.5. The van der Waals surface area contributed by atoms with Gasteiger partial charge in [0.05, 0.1) is 32.5 Å². The van der Waals surface area contributed by atoms with Gasteiger partial charge in [-0.05, 0) is 63.9 Å². The number of methoxy groups -OCH3 is 1. The quantitative estimate of drug-likeness (QED) is 0.232. The first kappa shape index (κ1) is 29.1. The molecule has 0 saturated carbocycles. The fraction of sp³-hybridized carbons (Fsp3) is 0.840. The fourth-order valence-corrected chi connectivity index (χ4v) is 3.69. The van der Waals surface area contributed by atoms with Crippen molar-refractivity contribution >= 4 is 0 Å². The van der Waals surface area contributed by atoms with Crippen molar-refractivity contribution in [2.75, 3.05) is 20.3 Å². The number of rotatable bonds is 12. The Morgan fingerprint density at radius 2 is 1.73 bits per heavy atom. The monoisotopic (exact) mass is 432 g/mol. The molecule has 30 heavy (non-hydrogen) atoms. The average molecular weight is 433 g/mol. The van der Waals surface area contributed by atoms with Gasteiger partial charge in [-0.3, -0.25) is 0 Å². The van der Waals surface area contributed by atoms with Gasteiger partial charge in [-0.2, -0.15) is 0 Å². The summed E-state index contributed by atoms with van der Waals surface area (Å²) in [7, 11) is 1.34. The van der Waals surface area contributed by atoms with Gasteiger partial charge in [-0.25, -0.2) is 8.78 Å². The van der Waals surface area contributed by atoms with Crippen LogP contribution in [0.3, 0.4) is 0 Å². The van der Waals surface area contributed by atoms with Gasteiger partial charge >= 0.3 is 0 Å². The summed E-state index contributed by atoms with van der Waals surface area (Å²) in [5.41, 5.74) is 0.503. The van der Waals surface area contributed by atoms with Crippen molar-refractivity contribution in [1.82, 2.24) is 0 Å². The predicted octanol–water partition coefficient (Wildman–Crippen LogP) is 7.91. The number of halogens is 2. The van der Waals surface area contributed by atoms with Crippen molar-refractivity contribution < 1.29 is 23.0 Å². The summed E-state index contributed by atoms with van der Waals surface area (Å²) in [4.78, 5) is 0. The highest BCUT2D eigenvalue weighted by atomic mass is 19.2. The summed E-state index contributed by atoms with van der Waals surface area (Å²) >= 11 is 0. The van der Waals surface area contributed by atoms with Crippen LogP contribution in [0.15, 0.2) is 23.0 Å². The van der Waals surface area contributed by atoms with Crippen LogP contribution >= 0.6 is 0 Å². The Hall–Kier alpha value is -0.940. The van der Waals surface area contributed by atoms with Crippen molar-refractivity contribution in [2.24, 2.45) is 11.8 Å². The molecule has 1 heterocycles. The topological polar surface area (TPSA) is 27.7 Å². The van der Waals surface area contributed by atoms with E-state index in [1.165, 1.54) is 20.5 Å². The number of hydrogen-bond donors (Lipinski definition) is 0. The molecule has 5 heteroatoms. The minimum atomic E-state index is -0.894. The molecule has 0 spiro atoms. The Bertz CT molecular complexity index is 509. The zero-order valence-corrected chi connectivity index (χ0v) is 20.7. The maximum atomic E-state index is 14.5. The third-order valence-corrected chi connectivity index (χ3v) is 5.76. The van der Waals surface area contributed by atoms with Crippen molar-refractivity contribution in [3.63, 3.8) is 0 Å². The van der Waals surface area contributed by atoms with E-state index in [1.54, 1.807) is 0 Å². The van der Waals surface area contributed by atoms with Crippen molar-refractivity contribution in [2.45, 2.75) is 106 Å². The Labute approximate surface area is 184 Å². The Balaban J connectivity index is 0.00000407. The van der Waals surface area contributed by atoms with E-state index in [1.807, 2.05) is 27.7 Å². The minimum absolute atomic E-state index is 0.0248. The van der Waals surface area contributed by atoms with Gasteiger partial charge in [-0.15, -0.1) is 0 Å². The lowest BCUT2D eigenvalue weighted by Crippen LogP contribution is -2.29. The first-order valence-electron chi connectivity index (χ1n) is 11.9. The zero-order chi connectivity index (χ0) is 23.1. The third-order valence-electron chi connectivity index (χ3n) is 5.76. The molecule has 0 amide bonds. The molecule has 1 aliphatic heterocycles. The average Bonchev–Trinajstić information content (AvgIpc) is 2.78. The summed E-state index contributed by atoms with van der Waals surface area (Å²) in [5, 5.41) is 0. The molecular formula is C25H46F2O3. The van der Waals surface area contributed by atoms with Crippen LogP contribution in [-0.2, 0) is 14.2 Å². The highest BCUT2D eigenvalue weighted by molar-refractivity contribution is 5.28. The van der Waals surface area contributed by atoms with Gasteiger partial charge in [-0.1, -0.05) is 41.0 Å². The van der Waals surface area contributed by atoms with E-state index in [9.17, 15) is 8.78 Å². The molecule has 0 radical (unpaired) electrons. The normalized spacial score (nSPS) is 22.9. The molecule has 4 unspecified atom stereocenters. The van der Waals surface area contributed by atoms with E-state index in [2.05, 4.69) is 13.8 Å². The van der Waals surface area contributed by atoms with E-state index < -0.39 is 11.7 Å². The molecule has 1 rings (SSSR count). The smallest absolute Gasteiger partial charge is 0.195 e. The van der Waals surface area contributed by atoms with Crippen molar-refractivity contribution in [3.05, 3.63) is 23.0 Å². The van der Waals surface area contributed by atoms with Crippen molar-refractivity contribution in [3.8, 4) is 0 Å². The molecular weight excluding hydrogens is 386 g/mol. The second-order valence-electron chi connectivity index (χ2n) is 8.08. The fourth-order valence-electron chi connectivity index (χ4n) is 3.69. The third kappa shape index (κ3) is 10.4. The molecule has 1 aliphatic rings. The van der Waals surface area contributed by atoms with E-state index >= 15 is 0 Å². The molecule has 1 fully saturated rings. The summed E-state index contributed by atoms with van der Waals surface area (Å²) < 4.78 is 45.3. The van der Waals surface area contributed by atoms with Gasteiger partial charge in [0.1, 0.15) is 5.76 Å². The molecule has 178 valence electrons. The summed E-state index contributed by atoms with van der Waals surface area (Å²) in [6.07, 6.45) is 7.17. The number of allylic oxidation sites excluding steroid dienone is 4. The molecule has 4 atom stereocenters. The van der Waals surface area contributed by atoms with Gasteiger partial charge in [0.15, 0.2) is 11.7 Å². The van der Waals surface area contributed by atoms with Gasteiger partial charge in [0.2, 0.25) is 0 Å².